The van der Waals surface area contributed by atoms with E-state index >= 15 is 0 Å². The molecule has 0 radical (unpaired) electrons. The monoisotopic (exact) mass is 261 g/mol. The summed E-state index contributed by atoms with van der Waals surface area (Å²) >= 11 is 0. The Labute approximate surface area is 111 Å². The molecule has 0 saturated heterocycles. The standard InChI is InChI=1S/C15H16FNO2/c16-12-4-5-14(19-9-11-2-3-11)13(8-12)15(17-10-18)6-1-7-15/h4-5,8,11H,1-3,6-7,9H2. The van der Waals surface area contributed by atoms with Crippen molar-refractivity contribution in [1.29, 1.82) is 0 Å². The molecule has 0 bridgehead atoms. The van der Waals surface area contributed by atoms with Crippen LogP contribution in [-0.4, -0.2) is 12.7 Å². The van der Waals surface area contributed by atoms with Crippen molar-refractivity contribution in [3.63, 3.8) is 0 Å². The van der Waals surface area contributed by atoms with Crippen LogP contribution in [0.15, 0.2) is 23.2 Å². The smallest absolute Gasteiger partial charge is 0.235 e. The van der Waals surface area contributed by atoms with Crippen LogP contribution in [0.1, 0.15) is 37.7 Å². The molecule has 0 heterocycles. The Morgan fingerprint density at radius 1 is 1.42 bits per heavy atom. The second-order valence-electron chi connectivity index (χ2n) is 5.48. The van der Waals surface area contributed by atoms with Crippen LogP contribution in [0.4, 0.5) is 4.39 Å². The number of benzene rings is 1. The number of rotatable bonds is 5. The molecule has 3 nitrogen and oxygen atoms in total. The summed E-state index contributed by atoms with van der Waals surface area (Å²) in [6.45, 7) is 0.666. The summed E-state index contributed by atoms with van der Waals surface area (Å²) in [5.74, 6) is 0.970. The highest BCUT2D eigenvalue weighted by Gasteiger charge is 2.41. The lowest BCUT2D eigenvalue weighted by molar-refractivity contribution is 0.232. The number of isocyanates is 1. The normalized spacial score (nSPS) is 20.3. The van der Waals surface area contributed by atoms with Crippen LogP contribution in [0, 0.1) is 11.7 Å². The Morgan fingerprint density at radius 3 is 2.79 bits per heavy atom. The minimum atomic E-state index is -0.608. The lowest BCUT2D eigenvalue weighted by atomic mass is 9.72. The van der Waals surface area contributed by atoms with Gasteiger partial charge in [-0.25, -0.2) is 9.18 Å². The van der Waals surface area contributed by atoms with E-state index in [1.807, 2.05) is 0 Å². The van der Waals surface area contributed by atoms with E-state index in [2.05, 4.69) is 4.99 Å². The molecular formula is C15H16FNO2. The van der Waals surface area contributed by atoms with Gasteiger partial charge in [-0.3, -0.25) is 0 Å². The number of hydrogen-bond donors (Lipinski definition) is 0. The van der Waals surface area contributed by atoms with Gasteiger partial charge in [-0.15, -0.1) is 0 Å². The highest BCUT2D eigenvalue weighted by Crippen LogP contribution is 2.48. The Kier molecular flexibility index (Phi) is 3.11. The molecule has 19 heavy (non-hydrogen) atoms. The van der Waals surface area contributed by atoms with Crippen molar-refractivity contribution in [1.82, 2.24) is 0 Å². The van der Waals surface area contributed by atoms with Crippen molar-refractivity contribution >= 4 is 6.08 Å². The maximum Gasteiger partial charge on any atom is 0.235 e. The predicted molar refractivity (Wildman–Crippen MR) is 68.3 cm³/mol. The SMILES string of the molecule is O=C=NC1(c2cc(F)ccc2OCC2CC2)CCC1. The van der Waals surface area contributed by atoms with Crippen LogP contribution >= 0.6 is 0 Å². The molecule has 0 atom stereocenters. The zero-order valence-electron chi connectivity index (χ0n) is 10.7. The fourth-order valence-electron chi connectivity index (χ4n) is 2.52. The van der Waals surface area contributed by atoms with Gasteiger partial charge in [0.25, 0.3) is 0 Å². The highest BCUT2D eigenvalue weighted by molar-refractivity contribution is 5.45. The highest BCUT2D eigenvalue weighted by atomic mass is 19.1. The Bertz CT molecular complexity index is 529. The summed E-state index contributed by atoms with van der Waals surface area (Å²) in [4.78, 5) is 14.6. The van der Waals surface area contributed by atoms with Crippen molar-refractivity contribution in [2.24, 2.45) is 10.9 Å². The molecule has 2 aliphatic carbocycles. The van der Waals surface area contributed by atoms with Gasteiger partial charge in [0.05, 0.1) is 6.61 Å². The lowest BCUT2D eigenvalue weighted by Gasteiger charge is -2.38. The maximum atomic E-state index is 13.5. The van der Waals surface area contributed by atoms with Gasteiger partial charge in [0.15, 0.2) is 0 Å². The van der Waals surface area contributed by atoms with Gasteiger partial charge in [-0.05, 0) is 56.2 Å². The van der Waals surface area contributed by atoms with Crippen LogP contribution in [-0.2, 0) is 10.3 Å². The maximum absolute atomic E-state index is 13.5. The minimum Gasteiger partial charge on any atom is -0.493 e. The van der Waals surface area contributed by atoms with Gasteiger partial charge < -0.3 is 4.74 Å². The first-order valence-electron chi connectivity index (χ1n) is 6.75. The van der Waals surface area contributed by atoms with Gasteiger partial charge in [0, 0.05) is 5.56 Å². The first kappa shape index (κ1) is 12.4. The van der Waals surface area contributed by atoms with E-state index in [9.17, 15) is 9.18 Å². The van der Waals surface area contributed by atoms with Crippen LogP contribution in [0.5, 0.6) is 5.75 Å². The number of aliphatic imine (C=N–C) groups is 1. The largest absolute Gasteiger partial charge is 0.493 e. The van der Waals surface area contributed by atoms with Crippen LogP contribution in [0.25, 0.3) is 0 Å². The van der Waals surface area contributed by atoms with Crippen molar-refractivity contribution < 1.29 is 13.9 Å². The quantitative estimate of drug-likeness (QED) is 0.602. The molecule has 2 aliphatic rings. The molecule has 0 aromatic heterocycles. The molecule has 0 N–H and O–H groups in total. The summed E-state index contributed by atoms with van der Waals surface area (Å²) < 4.78 is 19.3. The van der Waals surface area contributed by atoms with E-state index in [-0.39, 0.29) is 5.82 Å². The van der Waals surface area contributed by atoms with Crippen LogP contribution in [0.2, 0.25) is 0 Å². The topological polar surface area (TPSA) is 38.7 Å². The third kappa shape index (κ3) is 2.41. The van der Waals surface area contributed by atoms with Crippen molar-refractivity contribution in [3.05, 3.63) is 29.6 Å². The van der Waals surface area contributed by atoms with Gasteiger partial charge in [-0.2, -0.15) is 4.99 Å². The first-order chi connectivity index (χ1) is 9.23. The molecular weight excluding hydrogens is 245 g/mol. The average molecular weight is 261 g/mol. The van der Waals surface area contributed by atoms with E-state index in [1.54, 1.807) is 12.1 Å². The predicted octanol–water partition coefficient (Wildman–Crippen LogP) is 3.33. The van der Waals surface area contributed by atoms with E-state index in [0.717, 1.165) is 19.3 Å². The summed E-state index contributed by atoms with van der Waals surface area (Å²) in [5.41, 5.74) is 0.0886. The number of nitrogens with zero attached hydrogens (tertiary/aromatic N) is 1. The molecule has 2 saturated carbocycles. The lowest BCUT2D eigenvalue weighted by Crippen LogP contribution is -2.32. The number of ether oxygens (including phenoxy) is 1. The minimum absolute atomic E-state index is 0.318. The first-order valence-corrected chi connectivity index (χ1v) is 6.75. The zero-order chi connectivity index (χ0) is 13.3. The average Bonchev–Trinajstić information content (AvgIpc) is 3.16. The third-order valence-electron chi connectivity index (χ3n) is 4.05. The van der Waals surface area contributed by atoms with Gasteiger partial charge in [-0.1, -0.05) is 0 Å². The molecule has 4 heteroatoms. The molecule has 0 unspecified atom stereocenters. The Balaban J connectivity index is 1.92. The Hall–Kier alpha value is -1.67. The van der Waals surface area contributed by atoms with E-state index < -0.39 is 5.54 Å². The summed E-state index contributed by atoms with van der Waals surface area (Å²) in [6, 6.07) is 4.48. The van der Waals surface area contributed by atoms with Crippen molar-refractivity contribution in [2.45, 2.75) is 37.6 Å². The number of halogens is 1. The molecule has 1 aromatic rings. The molecule has 0 aliphatic heterocycles. The summed E-state index contributed by atoms with van der Waals surface area (Å²) in [5, 5.41) is 0. The van der Waals surface area contributed by atoms with Gasteiger partial charge in [0.1, 0.15) is 17.1 Å². The molecule has 100 valence electrons. The number of hydrogen-bond acceptors (Lipinski definition) is 3. The molecule has 1 aromatic carbocycles. The fraction of sp³-hybridized carbons (Fsp3) is 0.533. The fourth-order valence-corrected chi connectivity index (χ4v) is 2.52. The molecule has 0 spiro atoms. The van der Waals surface area contributed by atoms with E-state index in [0.29, 0.717) is 23.8 Å². The zero-order valence-corrected chi connectivity index (χ0v) is 10.7. The van der Waals surface area contributed by atoms with Gasteiger partial charge >= 0.3 is 0 Å². The second kappa shape index (κ2) is 4.78. The van der Waals surface area contributed by atoms with Gasteiger partial charge in [0.2, 0.25) is 6.08 Å². The van der Waals surface area contributed by atoms with Crippen LogP contribution < -0.4 is 4.74 Å². The third-order valence-corrected chi connectivity index (χ3v) is 4.05. The van der Waals surface area contributed by atoms with E-state index in [1.165, 1.54) is 25.0 Å². The number of carbonyl (C=O) groups excluding carboxylic acids is 1. The van der Waals surface area contributed by atoms with Crippen molar-refractivity contribution in [2.75, 3.05) is 6.61 Å². The van der Waals surface area contributed by atoms with E-state index in [4.69, 9.17) is 4.74 Å². The summed E-state index contributed by atoms with van der Waals surface area (Å²) in [6.07, 6.45) is 6.54. The summed E-state index contributed by atoms with van der Waals surface area (Å²) in [7, 11) is 0. The second-order valence-corrected chi connectivity index (χ2v) is 5.48. The Morgan fingerprint density at radius 2 is 2.21 bits per heavy atom. The van der Waals surface area contributed by atoms with Crippen molar-refractivity contribution in [3.8, 4) is 5.75 Å². The molecule has 3 rings (SSSR count). The molecule has 0 amide bonds. The molecule has 2 fully saturated rings. The van der Waals surface area contributed by atoms with Crippen LogP contribution in [0.3, 0.4) is 0 Å².